The first-order valence-electron chi connectivity index (χ1n) is 9.05. The van der Waals surface area contributed by atoms with Gasteiger partial charge < -0.3 is 10.1 Å². The van der Waals surface area contributed by atoms with Gasteiger partial charge in [-0.2, -0.15) is 5.10 Å². The number of ether oxygens (including phenoxy) is 1. The van der Waals surface area contributed by atoms with E-state index in [1.165, 1.54) is 0 Å². The quantitative estimate of drug-likeness (QED) is 0.587. The summed E-state index contributed by atoms with van der Waals surface area (Å²) >= 11 is 1.60. The van der Waals surface area contributed by atoms with Crippen LogP contribution in [0.2, 0.25) is 0 Å². The number of carbonyl (C=O) groups excluding carboxylic acids is 1. The topological polar surface area (TPSA) is 81.9 Å². The van der Waals surface area contributed by atoms with Crippen LogP contribution in [0.1, 0.15) is 35.0 Å². The van der Waals surface area contributed by atoms with Crippen LogP contribution in [0.25, 0.3) is 5.82 Å². The van der Waals surface area contributed by atoms with Gasteiger partial charge in [0.15, 0.2) is 5.82 Å². The zero-order valence-corrected chi connectivity index (χ0v) is 17.0. The molecule has 28 heavy (non-hydrogen) atoms. The Balaban J connectivity index is 1.67. The molecule has 0 aliphatic heterocycles. The van der Waals surface area contributed by atoms with Crippen molar-refractivity contribution in [3.05, 3.63) is 59.4 Å². The lowest BCUT2D eigenvalue weighted by atomic mass is 10.2. The van der Waals surface area contributed by atoms with E-state index >= 15 is 0 Å². The van der Waals surface area contributed by atoms with Crippen LogP contribution in [-0.2, 0) is 5.75 Å². The van der Waals surface area contributed by atoms with Gasteiger partial charge in [-0.25, -0.2) is 4.68 Å². The van der Waals surface area contributed by atoms with Gasteiger partial charge in [-0.05, 0) is 43.2 Å². The zero-order chi connectivity index (χ0) is 19.9. The SMILES string of the molecule is CCCNC(=O)c1cnn(-c2ccc(SCc3cccc(OC)c3)nn2)c1C. The van der Waals surface area contributed by atoms with Gasteiger partial charge in [0.2, 0.25) is 0 Å². The second-order valence-corrected chi connectivity index (χ2v) is 7.18. The van der Waals surface area contributed by atoms with Gasteiger partial charge in [0, 0.05) is 12.3 Å². The summed E-state index contributed by atoms with van der Waals surface area (Å²) in [5, 5.41) is 16.5. The first kappa shape index (κ1) is 19.9. The largest absolute Gasteiger partial charge is 0.497 e. The number of methoxy groups -OCH3 is 1. The predicted molar refractivity (Wildman–Crippen MR) is 109 cm³/mol. The molecule has 0 saturated heterocycles. The van der Waals surface area contributed by atoms with Gasteiger partial charge in [0.1, 0.15) is 10.8 Å². The van der Waals surface area contributed by atoms with Gasteiger partial charge in [-0.3, -0.25) is 4.79 Å². The van der Waals surface area contributed by atoms with Crippen molar-refractivity contribution < 1.29 is 9.53 Å². The van der Waals surface area contributed by atoms with Crippen molar-refractivity contribution in [2.75, 3.05) is 13.7 Å². The van der Waals surface area contributed by atoms with E-state index in [0.29, 0.717) is 17.9 Å². The number of aromatic nitrogens is 4. The lowest BCUT2D eigenvalue weighted by Crippen LogP contribution is -2.24. The molecular weight excluding hydrogens is 374 g/mol. The zero-order valence-electron chi connectivity index (χ0n) is 16.2. The molecule has 1 amide bonds. The minimum atomic E-state index is -0.121. The molecule has 1 N–H and O–H groups in total. The fourth-order valence-corrected chi connectivity index (χ4v) is 3.38. The highest BCUT2D eigenvalue weighted by Gasteiger charge is 2.15. The number of rotatable bonds is 8. The van der Waals surface area contributed by atoms with E-state index in [1.54, 1.807) is 29.8 Å². The second kappa shape index (κ2) is 9.36. The highest BCUT2D eigenvalue weighted by Crippen LogP contribution is 2.23. The Hall–Kier alpha value is -2.87. The Labute approximate surface area is 168 Å². The van der Waals surface area contributed by atoms with E-state index in [-0.39, 0.29) is 5.91 Å². The van der Waals surface area contributed by atoms with E-state index in [4.69, 9.17) is 4.74 Å². The van der Waals surface area contributed by atoms with Crippen molar-refractivity contribution in [1.82, 2.24) is 25.3 Å². The van der Waals surface area contributed by atoms with Gasteiger partial charge >= 0.3 is 0 Å². The molecule has 0 atom stereocenters. The number of thioether (sulfide) groups is 1. The fourth-order valence-electron chi connectivity index (χ4n) is 2.62. The predicted octanol–water partition coefficient (Wildman–Crippen LogP) is 3.41. The Bertz CT molecular complexity index is 940. The molecule has 8 heteroatoms. The van der Waals surface area contributed by atoms with Crippen LogP contribution in [0.4, 0.5) is 0 Å². The number of carbonyl (C=O) groups is 1. The smallest absolute Gasteiger partial charge is 0.254 e. The van der Waals surface area contributed by atoms with Crippen molar-refractivity contribution >= 4 is 17.7 Å². The van der Waals surface area contributed by atoms with Gasteiger partial charge in [0.05, 0.1) is 24.6 Å². The molecule has 146 valence electrons. The van der Waals surface area contributed by atoms with E-state index in [2.05, 4.69) is 26.7 Å². The van der Waals surface area contributed by atoms with Crippen LogP contribution in [-0.4, -0.2) is 39.5 Å². The summed E-state index contributed by atoms with van der Waals surface area (Å²) in [6.07, 6.45) is 2.45. The fraction of sp³-hybridized carbons (Fsp3) is 0.300. The summed E-state index contributed by atoms with van der Waals surface area (Å²) in [5.74, 6) is 2.07. The molecule has 0 fully saturated rings. The van der Waals surface area contributed by atoms with Gasteiger partial charge in [-0.1, -0.05) is 30.8 Å². The van der Waals surface area contributed by atoms with Crippen molar-refractivity contribution in [2.45, 2.75) is 31.0 Å². The molecule has 0 unspecified atom stereocenters. The second-order valence-electron chi connectivity index (χ2n) is 6.18. The molecule has 1 aromatic carbocycles. The minimum Gasteiger partial charge on any atom is -0.497 e. The van der Waals surface area contributed by atoms with Crippen LogP contribution in [0, 0.1) is 6.92 Å². The molecule has 3 rings (SSSR count). The Morgan fingerprint density at radius 2 is 2.11 bits per heavy atom. The van der Waals surface area contributed by atoms with Crippen LogP contribution < -0.4 is 10.1 Å². The van der Waals surface area contributed by atoms with Crippen LogP contribution >= 0.6 is 11.8 Å². The third-order valence-electron chi connectivity index (χ3n) is 4.15. The Kier molecular flexibility index (Phi) is 6.65. The molecular formula is C20H23N5O2S. The van der Waals surface area contributed by atoms with Crippen molar-refractivity contribution in [1.29, 1.82) is 0 Å². The van der Waals surface area contributed by atoms with Crippen molar-refractivity contribution in [3.63, 3.8) is 0 Å². The number of nitrogens with one attached hydrogen (secondary N) is 1. The maximum absolute atomic E-state index is 12.2. The Morgan fingerprint density at radius 3 is 2.82 bits per heavy atom. The third kappa shape index (κ3) is 4.69. The van der Waals surface area contributed by atoms with Crippen molar-refractivity contribution in [3.8, 4) is 11.6 Å². The standard InChI is InChI=1S/C20H23N5O2S/c1-4-10-21-20(26)17-12-22-25(14(17)2)18-8-9-19(24-23-18)28-13-15-6-5-7-16(11-15)27-3/h5-9,11-12H,4,10,13H2,1-3H3,(H,21,26). The first-order chi connectivity index (χ1) is 13.6. The molecule has 0 spiro atoms. The van der Waals surface area contributed by atoms with Crippen LogP contribution in [0.3, 0.4) is 0 Å². The molecule has 2 aromatic heterocycles. The number of hydrogen-bond donors (Lipinski definition) is 1. The molecule has 0 radical (unpaired) electrons. The van der Waals surface area contributed by atoms with Crippen LogP contribution in [0.15, 0.2) is 47.6 Å². The molecule has 7 nitrogen and oxygen atoms in total. The van der Waals surface area contributed by atoms with Crippen LogP contribution in [0.5, 0.6) is 5.75 Å². The van der Waals surface area contributed by atoms with E-state index in [9.17, 15) is 4.79 Å². The van der Waals surface area contributed by atoms with Gasteiger partial charge in [-0.15, -0.1) is 10.2 Å². The summed E-state index contributed by atoms with van der Waals surface area (Å²) in [7, 11) is 1.66. The average Bonchev–Trinajstić information content (AvgIpc) is 3.12. The minimum absolute atomic E-state index is 0.121. The molecule has 3 aromatic rings. The summed E-state index contributed by atoms with van der Waals surface area (Å²) < 4.78 is 6.88. The molecule has 2 heterocycles. The highest BCUT2D eigenvalue weighted by atomic mass is 32.2. The summed E-state index contributed by atoms with van der Waals surface area (Å²) in [6, 6.07) is 11.7. The monoisotopic (exact) mass is 397 g/mol. The Morgan fingerprint density at radius 1 is 1.25 bits per heavy atom. The maximum atomic E-state index is 12.2. The normalized spacial score (nSPS) is 10.7. The summed E-state index contributed by atoms with van der Waals surface area (Å²) in [4.78, 5) is 12.2. The summed E-state index contributed by atoms with van der Waals surface area (Å²) in [6.45, 7) is 4.50. The number of nitrogens with zero attached hydrogens (tertiary/aromatic N) is 4. The lowest BCUT2D eigenvalue weighted by Gasteiger charge is -2.06. The number of benzene rings is 1. The summed E-state index contributed by atoms with van der Waals surface area (Å²) in [5.41, 5.74) is 2.44. The van der Waals surface area contributed by atoms with Gasteiger partial charge in [0.25, 0.3) is 5.91 Å². The van der Waals surface area contributed by atoms with E-state index in [0.717, 1.165) is 34.2 Å². The lowest BCUT2D eigenvalue weighted by molar-refractivity contribution is 0.0953. The van der Waals surface area contributed by atoms with E-state index in [1.807, 2.05) is 44.2 Å². The number of amides is 1. The average molecular weight is 398 g/mol. The molecule has 0 bridgehead atoms. The maximum Gasteiger partial charge on any atom is 0.254 e. The highest BCUT2D eigenvalue weighted by molar-refractivity contribution is 7.98. The molecule has 0 saturated carbocycles. The number of hydrogen-bond acceptors (Lipinski definition) is 6. The third-order valence-corrected chi connectivity index (χ3v) is 5.15. The first-order valence-corrected chi connectivity index (χ1v) is 10.0. The molecule has 0 aliphatic carbocycles. The van der Waals surface area contributed by atoms with Crippen molar-refractivity contribution in [2.24, 2.45) is 0 Å². The molecule has 0 aliphatic rings. The van der Waals surface area contributed by atoms with E-state index < -0.39 is 0 Å².